The number of thioether (sulfide) groups is 1. The number of rotatable bonds is 10. The number of carbonyl (C=O) groups excluding carboxylic acids is 1. The van der Waals surface area contributed by atoms with Crippen molar-refractivity contribution in [3.05, 3.63) is 77.4 Å². The predicted octanol–water partition coefficient (Wildman–Crippen LogP) is 4.89. The molecule has 6 nitrogen and oxygen atoms in total. The Kier molecular flexibility index (Phi) is 7.83. The summed E-state index contributed by atoms with van der Waals surface area (Å²) in [4.78, 5) is 15.5. The number of allylic oxidation sites excluding steroid dienone is 1. The zero-order valence-corrected chi connectivity index (χ0v) is 20.5. The second-order valence-corrected chi connectivity index (χ2v) is 9.65. The van der Waals surface area contributed by atoms with E-state index in [9.17, 15) is 4.79 Å². The van der Waals surface area contributed by atoms with Crippen LogP contribution in [0.25, 0.3) is 0 Å². The van der Waals surface area contributed by atoms with E-state index >= 15 is 0 Å². The molecular weight excluding hydrogens is 430 g/mol. The van der Waals surface area contributed by atoms with Gasteiger partial charge in [-0.1, -0.05) is 54.6 Å². The Labute approximate surface area is 200 Å². The molecule has 0 aliphatic carbocycles. The molecule has 4 rings (SSSR count). The Morgan fingerprint density at radius 2 is 1.82 bits per heavy atom. The lowest BCUT2D eigenvalue weighted by molar-refractivity contribution is 0.102. The van der Waals surface area contributed by atoms with Crippen molar-refractivity contribution >= 4 is 17.5 Å². The summed E-state index contributed by atoms with van der Waals surface area (Å²) in [7, 11) is 0. The number of piperidine rings is 1. The summed E-state index contributed by atoms with van der Waals surface area (Å²) in [6.45, 7) is 12.3. The van der Waals surface area contributed by atoms with Gasteiger partial charge in [-0.05, 0) is 51.4 Å². The van der Waals surface area contributed by atoms with Gasteiger partial charge >= 0.3 is 0 Å². The molecule has 0 saturated carbocycles. The Hall–Kier alpha value is -2.64. The van der Waals surface area contributed by atoms with E-state index in [4.69, 9.17) is 0 Å². The fourth-order valence-electron chi connectivity index (χ4n) is 4.49. The first-order valence-corrected chi connectivity index (χ1v) is 12.7. The van der Waals surface area contributed by atoms with Crippen molar-refractivity contribution in [2.75, 3.05) is 18.8 Å². The van der Waals surface area contributed by atoms with E-state index in [-0.39, 0.29) is 5.78 Å². The molecule has 1 aliphatic rings. The molecule has 0 spiro atoms. The average Bonchev–Trinajstić information content (AvgIpc) is 3.34. The lowest BCUT2D eigenvalue weighted by Gasteiger charge is -2.26. The molecule has 0 unspecified atom stereocenters. The highest BCUT2D eigenvalue weighted by molar-refractivity contribution is 7.99. The van der Waals surface area contributed by atoms with Crippen molar-refractivity contribution in [2.24, 2.45) is 0 Å². The number of aryl methyl sites for hydroxylation is 1. The number of hydrogen-bond donors (Lipinski definition) is 0. The van der Waals surface area contributed by atoms with E-state index in [1.54, 1.807) is 0 Å². The molecular formula is C26H33N5OS. The first-order chi connectivity index (χ1) is 16.1. The monoisotopic (exact) mass is 463 g/mol. The molecule has 0 N–H and O–H groups in total. The third-order valence-electron chi connectivity index (χ3n) is 6.31. The average molecular weight is 464 g/mol. The highest BCUT2D eigenvalue weighted by Crippen LogP contribution is 2.24. The van der Waals surface area contributed by atoms with Crippen LogP contribution in [0.2, 0.25) is 0 Å². The molecule has 1 fully saturated rings. The third-order valence-corrected chi connectivity index (χ3v) is 7.28. The molecule has 0 radical (unpaired) electrons. The van der Waals surface area contributed by atoms with Crippen LogP contribution in [0.15, 0.2) is 54.2 Å². The van der Waals surface area contributed by atoms with E-state index in [1.165, 1.54) is 36.6 Å². The Bertz CT molecular complexity index is 1100. The molecule has 3 heterocycles. The normalized spacial score (nSPS) is 14.5. The number of ketones is 1. The van der Waals surface area contributed by atoms with Crippen LogP contribution < -0.4 is 0 Å². The molecule has 33 heavy (non-hydrogen) atoms. The molecule has 1 saturated heterocycles. The lowest BCUT2D eigenvalue weighted by atomic mass is 10.1. The third kappa shape index (κ3) is 5.65. The Morgan fingerprint density at radius 1 is 1.06 bits per heavy atom. The molecule has 174 valence electrons. The molecule has 1 aromatic carbocycles. The maximum atomic E-state index is 13.1. The van der Waals surface area contributed by atoms with Gasteiger partial charge in [-0.3, -0.25) is 9.69 Å². The van der Waals surface area contributed by atoms with Crippen molar-refractivity contribution < 1.29 is 4.79 Å². The van der Waals surface area contributed by atoms with Crippen LogP contribution in [0.5, 0.6) is 0 Å². The maximum Gasteiger partial charge on any atom is 0.192 e. The first-order valence-electron chi connectivity index (χ1n) is 11.7. The smallest absolute Gasteiger partial charge is 0.192 e. The number of hydrogen-bond acceptors (Lipinski definition) is 5. The molecule has 3 aromatic rings. The van der Waals surface area contributed by atoms with Crippen molar-refractivity contribution in [3.63, 3.8) is 0 Å². The fourth-order valence-corrected chi connectivity index (χ4v) is 5.33. The second kappa shape index (κ2) is 11.0. The largest absolute Gasteiger partial charge is 0.345 e. The first kappa shape index (κ1) is 23.5. The topological polar surface area (TPSA) is 56.0 Å². The molecule has 7 heteroatoms. The van der Waals surface area contributed by atoms with Crippen LogP contribution in [0.1, 0.15) is 52.4 Å². The van der Waals surface area contributed by atoms with Gasteiger partial charge in [0, 0.05) is 23.5 Å². The summed E-state index contributed by atoms with van der Waals surface area (Å²) in [5.41, 5.74) is 4.06. The van der Waals surface area contributed by atoms with Crippen molar-refractivity contribution in [2.45, 2.75) is 57.9 Å². The molecule has 0 atom stereocenters. The summed E-state index contributed by atoms with van der Waals surface area (Å²) in [5.74, 6) is 1.43. The maximum absolute atomic E-state index is 13.1. The number of Topliss-reactive ketones (excluding diaryl/α,β-unsaturated/α-hetero) is 1. The quantitative estimate of drug-likeness (QED) is 0.243. The number of aromatic nitrogens is 4. The van der Waals surface area contributed by atoms with Gasteiger partial charge in [-0.25, -0.2) is 0 Å². The molecule has 0 amide bonds. The summed E-state index contributed by atoms with van der Waals surface area (Å²) < 4.78 is 4.31. The fraction of sp³-hybridized carbons (Fsp3) is 0.423. The number of benzene rings is 1. The Morgan fingerprint density at radius 3 is 2.55 bits per heavy atom. The number of nitrogens with zero attached hydrogens (tertiary/aromatic N) is 5. The van der Waals surface area contributed by atoms with Gasteiger partial charge in [-0.2, -0.15) is 0 Å². The van der Waals surface area contributed by atoms with Gasteiger partial charge < -0.3 is 9.13 Å². The van der Waals surface area contributed by atoms with Gasteiger partial charge in [-0.15, -0.1) is 16.8 Å². The number of carbonyl (C=O) groups is 1. The van der Waals surface area contributed by atoms with Crippen molar-refractivity contribution in [1.82, 2.24) is 24.2 Å². The van der Waals surface area contributed by atoms with Crippen molar-refractivity contribution in [3.8, 4) is 0 Å². The van der Waals surface area contributed by atoms with E-state index < -0.39 is 0 Å². The van der Waals surface area contributed by atoms with Gasteiger partial charge in [0.25, 0.3) is 0 Å². The lowest BCUT2D eigenvalue weighted by Crippen LogP contribution is -2.30. The second-order valence-electron chi connectivity index (χ2n) is 8.70. The molecule has 2 aromatic heterocycles. The zero-order valence-electron chi connectivity index (χ0n) is 19.7. The summed E-state index contributed by atoms with van der Waals surface area (Å²) in [6.07, 6.45) is 5.66. The predicted molar refractivity (Wildman–Crippen MR) is 134 cm³/mol. The zero-order chi connectivity index (χ0) is 23.2. The van der Waals surface area contributed by atoms with E-state index in [1.807, 2.05) is 32.1 Å². The van der Waals surface area contributed by atoms with Crippen LogP contribution in [0.3, 0.4) is 0 Å². The van der Waals surface area contributed by atoms with Crippen LogP contribution in [-0.4, -0.2) is 48.9 Å². The van der Waals surface area contributed by atoms with Gasteiger partial charge in [0.1, 0.15) is 5.82 Å². The van der Waals surface area contributed by atoms with E-state index in [0.717, 1.165) is 47.6 Å². The van der Waals surface area contributed by atoms with Gasteiger partial charge in [0.15, 0.2) is 10.9 Å². The summed E-state index contributed by atoms with van der Waals surface area (Å²) in [6, 6.07) is 12.4. The minimum absolute atomic E-state index is 0.121. The summed E-state index contributed by atoms with van der Waals surface area (Å²) >= 11 is 1.48. The standard InChI is InChI=1S/C26H33N5OS/c1-4-13-30-20(2)16-23(21(30)3)24(32)19-33-26-28-27-25(18-29-14-9-6-10-15-29)31(26)17-22-11-7-5-8-12-22/h4-5,7-8,11-12,16H,1,6,9-10,13-15,17-19H2,2-3H3. The highest BCUT2D eigenvalue weighted by Gasteiger charge is 2.20. The molecule has 1 aliphatic heterocycles. The highest BCUT2D eigenvalue weighted by atomic mass is 32.2. The minimum atomic E-state index is 0.121. The van der Waals surface area contributed by atoms with Crippen LogP contribution >= 0.6 is 11.8 Å². The van der Waals surface area contributed by atoms with E-state index in [2.05, 4.69) is 55.1 Å². The van der Waals surface area contributed by atoms with Gasteiger partial charge in [0.05, 0.1) is 18.8 Å². The van der Waals surface area contributed by atoms with Crippen LogP contribution in [0, 0.1) is 13.8 Å². The SMILES string of the molecule is C=CCn1c(C)cc(C(=O)CSc2nnc(CN3CCCCC3)n2Cc2ccccc2)c1C. The summed E-state index contributed by atoms with van der Waals surface area (Å²) in [5, 5.41) is 9.84. The van der Waals surface area contributed by atoms with Gasteiger partial charge in [0.2, 0.25) is 0 Å². The Balaban J connectivity index is 1.52. The van der Waals surface area contributed by atoms with Crippen LogP contribution in [0.4, 0.5) is 0 Å². The minimum Gasteiger partial charge on any atom is -0.345 e. The van der Waals surface area contributed by atoms with Crippen LogP contribution in [-0.2, 0) is 19.6 Å². The van der Waals surface area contributed by atoms with E-state index in [0.29, 0.717) is 18.8 Å². The number of likely N-dealkylation sites (tertiary alicyclic amines) is 1. The molecule has 0 bridgehead atoms. The van der Waals surface area contributed by atoms with Crippen molar-refractivity contribution in [1.29, 1.82) is 0 Å².